The summed E-state index contributed by atoms with van der Waals surface area (Å²) < 4.78 is 31.7. The second-order valence-electron chi connectivity index (χ2n) is 30.3. The van der Waals surface area contributed by atoms with Crippen molar-refractivity contribution in [1.29, 1.82) is 0 Å². The maximum atomic E-state index is 13.2. The Morgan fingerprint density at radius 3 is 1.36 bits per heavy atom. The number of amides is 4. The first-order valence-corrected chi connectivity index (χ1v) is 48.0. The lowest BCUT2D eigenvalue weighted by molar-refractivity contribution is 0.0738. The predicted octanol–water partition coefficient (Wildman–Crippen LogP) is 26.8. The van der Waals surface area contributed by atoms with Gasteiger partial charge in [-0.25, -0.2) is 23.2 Å². The Balaban J connectivity index is 0.000000114. The molecule has 0 saturated carbocycles. The average molecular weight is 1940 g/mol. The molecule has 0 radical (unpaired) electrons. The van der Waals surface area contributed by atoms with E-state index in [1.165, 1.54) is 119 Å². The van der Waals surface area contributed by atoms with Crippen molar-refractivity contribution in [3.63, 3.8) is 0 Å². The van der Waals surface area contributed by atoms with Crippen LogP contribution in [0.5, 0.6) is 23.0 Å². The number of phenolic OH excluding ortho intramolecular Hbond substituents is 3. The summed E-state index contributed by atoms with van der Waals surface area (Å²) in [4.78, 5) is 112. The fourth-order valence-corrected chi connectivity index (χ4v) is 20.3. The van der Waals surface area contributed by atoms with Gasteiger partial charge in [0.25, 0.3) is 23.6 Å². The molecule has 0 bridgehead atoms. The summed E-state index contributed by atoms with van der Waals surface area (Å²) in [6, 6.07) is 93.9. The number of anilines is 5. The fraction of sp³-hybridized carbons (Fsp3) is 0.0189. The Kier molecular flexibility index (Phi) is 29.3. The number of thiophene rings is 7. The van der Waals surface area contributed by atoms with E-state index < -0.39 is 5.82 Å². The number of nitrogens with one attached hydrogen (secondary N) is 10. The number of halogens is 2. The maximum absolute atomic E-state index is 13.2. The summed E-state index contributed by atoms with van der Waals surface area (Å²) in [5, 5.41) is 50.6. The number of imidazole rings is 2. The predicted molar refractivity (Wildman–Crippen MR) is 552 cm³/mol. The first-order valence-electron chi connectivity index (χ1n) is 42.2. The van der Waals surface area contributed by atoms with Crippen molar-refractivity contribution in [3.05, 3.63) is 430 Å². The first kappa shape index (κ1) is 92.3. The number of ether oxygens (including phenoxy) is 1. The van der Waals surface area contributed by atoms with E-state index in [4.69, 9.17) is 4.74 Å². The summed E-state index contributed by atoms with van der Waals surface area (Å²) in [5.74, 6) is -0.885. The molecule has 11 heterocycles. The first-order chi connectivity index (χ1) is 66.7. The monoisotopic (exact) mass is 1940 g/mol. The molecule has 137 heavy (non-hydrogen) atoms. The van der Waals surface area contributed by atoms with Crippen molar-refractivity contribution in [2.75, 3.05) is 26.6 Å². The lowest BCUT2D eigenvalue weighted by Gasteiger charge is -2.04. The number of pyridine rings is 1. The zero-order chi connectivity index (χ0) is 94.7. The van der Waals surface area contributed by atoms with E-state index in [9.17, 15) is 57.7 Å². The zero-order valence-corrected chi connectivity index (χ0v) is 77.4. The molecule has 21 aromatic rings. The van der Waals surface area contributed by atoms with E-state index in [1.54, 1.807) is 175 Å². The van der Waals surface area contributed by atoms with Crippen molar-refractivity contribution in [2.24, 2.45) is 0 Å². The number of fused-ring (bicyclic) bond motifs is 4. The van der Waals surface area contributed by atoms with Gasteiger partial charge >= 0.3 is 17.3 Å². The number of H-pyrrole nitrogens is 5. The van der Waals surface area contributed by atoms with Gasteiger partial charge in [0.05, 0.1) is 41.6 Å². The molecule has 31 heteroatoms. The van der Waals surface area contributed by atoms with Crippen LogP contribution >= 0.6 is 79.4 Å². The van der Waals surface area contributed by atoms with Crippen LogP contribution < -0.4 is 42.7 Å². The fourth-order valence-electron chi connectivity index (χ4n) is 14.1. The van der Waals surface area contributed by atoms with Gasteiger partial charge in [0, 0.05) is 105 Å². The number of aromatic hydroxyl groups is 3. The third-order valence-electron chi connectivity index (χ3n) is 20.7. The van der Waals surface area contributed by atoms with Crippen LogP contribution in [0.3, 0.4) is 0 Å². The number of hydrogen-bond acceptors (Lipinski definition) is 20. The molecule has 13 N–H and O–H groups in total. The van der Waals surface area contributed by atoms with Crippen LogP contribution in [0.4, 0.5) is 37.2 Å². The molecule has 678 valence electrons. The smallest absolute Gasteiger partial charge is 0.353 e. The number of phenols is 3. The van der Waals surface area contributed by atoms with E-state index in [1.807, 2.05) is 97.2 Å². The number of aromatic amines is 5. The summed E-state index contributed by atoms with van der Waals surface area (Å²) >= 11 is 10.5. The summed E-state index contributed by atoms with van der Waals surface area (Å²) in [6.45, 7) is 0.776. The number of carbonyl (C=O) groups excluding carboxylic acids is 5. The van der Waals surface area contributed by atoms with Crippen LogP contribution in [-0.2, 0) is 6.54 Å². The quantitative estimate of drug-likeness (QED) is 0.0335. The highest BCUT2D eigenvalue weighted by atomic mass is 32.1. The molecule has 1 aliphatic rings. The van der Waals surface area contributed by atoms with Gasteiger partial charge in [-0.3, -0.25) is 24.2 Å². The molecule has 22 rings (SSSR count). The molecule has 22 nitrogen and oxygen atoms in total. The Labute approximate surface area is 807 Å². The Bertz CT molecular complexity index is 8110. The van der Waals surface area contributed by atoms with Gasteiger partial charge in [-0.1, -0.05) is 109 Å². The summed E-state index contributed by atoms with van der Waals surface area (Å²) in [7, 11) is 0. The lowest BCUT2D eigenvalue weighted by Crippen LogP contribution is -2.09. The van der Waals surface area contributed by atoms with E-state index in [0.717, 1.165) is 76.2 Å². The SMILES string of the molecule is O=C(Nc1ccc2[nH]c(=O)[nH]c2c1)c1ccc(-c2cccc(O)c2)s1.O=C(Nc1ccc2[nH]c(=O)[nH]c2c1)c1ccc(C2=CCC=C2)s1.O=C(Nc1cccc(F)c1)c1ccc(-c2ccc3cc[nH]c3c2)s1.O=C(Nc1cccc(F)c1)c1ccc(-c2cccc(O)c2)s1.O=C(Oc1ccncc1)c1ccc(-c2ccc3ccccc3c2)s1.Oc1cccc(NCc2ccc(-c3ccsc3)s2)c1. The second kappa shape index (κ2) is 43.4. The summed E-state index contributed by atoms with van der Waals surface area (Å²) in [6.07, 6.45) is 12.4. The van der Waals surface area contributed by atoms with Crippen LogP contribution in [0.2, 0.25) is 0 Å². The molecule has 0 saturated heterocycles. The molecular formula is C106H77F2N11O11S7. The number of carbonyl (C=O) groups is 5. The molecule has 10 aromatic carbocycles. The number of aromatic nitrogens is 6. The molecule has 1 aliphatic carbocycles. The number of rotatable bonds is 19. The number of allylic oxidation sites excluding steroid dienone is 4. The Morgan fingerprint density at radius 2 is 0.832 bits per heavy atom. The molecule has 0 spiro atoms. The van der Waals surface area contributed by atoms with E-state index in [-0.39, 0.29) is 64.0 Å². The van der Waals surface area contributed by atoms with Gasteiger partial charge in [-0.2, -0.15) is 11.3 Å². The normalized spacial score (nSPS) is 11.2. The van der Waals surface area contributed by atoms with Crippen molar-refractivity contribution < 1.29 is 52.8 Å². The molecule has 0 fully saturated rings. The van der Waals surface area contributed by atoms with Crippen molar-refractivity contribution in [2.45, 2.75) is 13.0 Å². The number of nitrogens with zero attached hydrogens (tertiary/aromatic N) is 1. The standard InChI is InChI=1S/C20H13NO2S.C19H13FN2OS.C18H13N3O3S.C17H12FNO2S.C17H13N3O2S.C15H13NOS2/c22-20(23-17-9-11-21-12-10-17)19-8-7-18(24-19)16-6-5-14-3-1-2-4-15(14)13-16;20-14-2-1-3-15(11-14)22-19(23)18-7-6-17(24-18)13-5-4-12-8-9-21-16(12)10-13;22-12-3-1-2-10(8-12)15-6-7-16(25-15)17(23)19-11-4-5-13-14(9-11)21-18(24)20-13;18-12-4-2-5-13(10-12)19-17(21)16-8-7-15(22-16)11-3-1-6-14(20)9-11;21-16(15-8-7-14(23-15)10-3-1-2-4-10)18-11-5-6-12-13(9-11)20-17(22)19-12;17-13-3-1-2-12(8-13)16-9-14-4-5-15(19-14)11-6-7-18-10-11/h1-13H;1-11,21H,(H,22,23);1-9,22H,(H,19,23)(H2,20,21,24);1-10,20H,(H,19,21);1,3-9H,2H2,(H,18,21)(H2,19,20,22);1-8,10,16-17H,9H2. The topological polar surface area (TPSA) is 341 Å². The highest BCUT2D eigenvalue weighted by molar-refractivity contribution is 7.19. The molecule has 0 unspecified atom stereocenters. The van der Waals surface area contributed by atoms with Crippen molar-refractivity contribution >= 4 is 187 Å². The number of esters is 1. The summed E-state index contributed by atoms with van der Waals surface area (Å²) in [5.41, 5.74) is 12.6. The van der Waals surface area contributed by atoms with Crippen molar-refractivity contribution in [1.82, 2.24) is 29.9 Å². The molecule has 11 aromatic heterocycles. The van der Waals surface area contributed by atoms with Gasteiger partial charge in [-0.15, -0.1) is 68.0 Å². The Hall–Kier alpha value is -16.5. The number of hydrogen-bond donors (Lipinski definition) is 13. The largest absolute Gasteiger partial charge is 0.508 e. The molecular weight excluding hydrogens is 1870 g/mol. The van der Waals surface area contributed by atoms with Crippen LogP contribution in [0.25, 0.3) is 102 Å². The highest BCUT2D eigenvalue weighted by Gasteiger charge is 2.20. The zero-order valence-electron chi connectivity index (χ0n) is 71.7. The molecule has 0 atom stereocenters. The van der Waals surface area contributed by atoms with Gasteiger partial charge in [0.15, 0.2) is 0 Å². The minimum Gasteiger partial charge on any atom is -0.508 e. The highest BCUT2D eigenvalue weighted by Crippen LogP contribution is 2.38. The van der Waals surface area contributed by atoms with Crippen LogP contribution in [0.1, 0.15) is 64.5 Å². The third-order valence-corrected chi connectivity index (χ3v) is 28.1. The van der Waals surface area contributed by atoms with Gasteiger partial charge in [0.1, 0.15) is 39.5 Å². The van der Waals surface area contributed by atoms with Crippen LogP contribution in [0, 0.1) is 11.6 Å². The average Bonchev–Trinajstić information content (AvgIpc) is 1.81. The van der Waals surface area contributed by atoms with Crippen LogP contribution in [0.15, 0.2) is 373 Å². The minimum atomic E-state index is -0.399. The second-order valence-corrected chi connectivity index (χ2v) is 37.7. The molecule has 4 amide bonds. The maximum Gasteiger partial charge on any atom is 0.353 e. The molecule has 0 aliphatic heterocycles. The van der Waals surface area contributed by atoms with E-state index >= 15 is 0 Å². The van der Waals surface area contributed by atoms with E-state index in [0.29, 0.717) is 75.0 Å². The lowest BCUT2D eigenvalue weighted by atomic mass is 10.1. The van der Waals surface area contributed by atoms with Gasteiger partial charge in [0.2, 0.25) is 0 Å². The van der Waals surface area contributed by atoms with Gasteiger partial charge in [-0.05, 0) is 280 Å². The number of benzene rings is 10. The third kappa shape index (κ3) is 24.5. The van der Waals surface area contributed by atoms with Crippen molar-refractivity contribution in [3.8, 4) is 75.2 Å². The van der Waals surface area contributed by atoms with Gasteiger partial charge < -0.3 is 71.6 Å². The van der Waals surface area contributed by atoms with Crippen LogP contribution in [-0.4, -0.2) is 74.8 Å². The Morgan fingerprint density at radius 1 is 0.372 bits per heavy atom. The van der Waals surface area contributed by atoms with E-state index in [2.05, 4.69) is 140 Å². The minimum absolute atomic E-state index is 0.152.